The van der Waals surface area contributed by atoms with Crippen molar-refractivity contribution in [1.29, 1.82) is 0 Å². The Morgan fingerprint density at radius 1 is 1.23 bits per heavy atom. The van der Waals surface area contributed by atoms with Crippen molar-refractivity contribution < 1.29 is 4.21 Å². The molecule has 0 atom stereocenters. The van der Waals surface area contributed by atoms with Gasteiger partial charge in [-0.25, -0.2) is 5.43 Å². The molecule has 2 N–H and O–H groups in total. The standard InChI is InChI=1S/C8H8N4S/c13-12-9-6-8(10-11-12)7-4-2-1-3-5-7/h1-6,10H,(H,9,11). The summed E-state index contributed by atoms with van der Waals surface area (Å²) < 4.78 is 1.19. The summed E-state index contributed by atoms with van der Waals surface area (Å²) in [5.41, 5.74) is 7.59. The van der Waals surface area contributed by atoms with Crippen molar-refractivity contribution in [2.24, 2.45) is 5.11 Å². The lowest BCUT2D eigenvalue weighted by atomic mass is 10.2. The SMILES string of the molecule is [S-][N+]1=NC=C(c2ccccc2)NN1. The molecule has 0 fully saturated rings. The van der Waals surface area contributed by atoms with Crippen molar-refractivity contribution in [2.45, 2.75) is 0 Å². The summed E-state index contributed by atoms with van der Waals surface area (Å²) in [4.78, 5) is 0. The van der Waals surface area contributed by atoms with E-state index in [1.165, 1.54) is 4.21 Å². The van der Waals surface area contributed by atoms with Gasteiger partial charge in [0.25, 0.3) is 0 Å². The predicted molar refractivity (Wildman–Crippen MR) is 50.7 cm³/mol. The van der Waals surface area contributed by atoms with Crippen LogP contribution in [0.4, 0.5) is 0 Å². The van der Waals surface area contributed by atoms with Crippen LogP contribution in [0.3, 0.4) is 0 Å². The molecule has 0 radical (unpaired) electrons. The fourth-order valence-electron chi connectivity index (χ4n) is 1.04. The van der Waals surface area contributed by atoms with E-state index >= 15 is 0 Å². The molecule has 0 saturated heterocycles. The van der Waals surface area contributed by atoms with Gasteiger partial charge in [0, 0.05) is 10.7 Å². The van der Waals surface area contributed by atoms with E-state index in [4.69, 9.17) is 12.8 Å². The highest BCUT2D eigenvalue weighted by Crippen LogP contribution is 2.11. The minimum Gasteiger partial charge on any atom is -0.359 e. The van der Waals surface area contributed by atoms with Gasteiger partial charge in [-0.15, -0.1) is 0 Å². The average molecular weight is 192 g/mol. The lowest BCUT2D eigenvalue weighted by Gasteiger charge is -2.13. The van der Waals surface area contributed by atoms with Crippen LogP contribution in [0.15, 0.2) is 41.6 Å². The fraction of sp³-hybridized carbons (Fsp3) is 0. The lowest BCUT2D eigenvalue weighted by Crippen LogP contribution is -2.38. The number of nitrogens with one attached hydrogen (secondary N) is 2. The molecule has 0 aliphatic carbocycles. The average Bonchev–Trinajstić information content (AvgIpc) is 2.20. The molecule has 5 heteroatoms. The predicted octanol–water partition coefficient (Wildman–Crippen LogP) is 0.934. The Kier molecular flexibility index (Phi) is 2.09. The van der Waals surface area contributed by atoms with Gasteiger partial charge >= 0.3 is 0 Å². The molecule has 13 heavy (non-hydrogen) atoms. The van der Waals surface area contributed by atoms with Crippen molar-refractivity contribution in [1.82, 2.24) is 11.0 Å². The van der Waals surface area contributed by atoms with E-state index in [-0.39, 0.29) is 0 Å². The monoisotopic (exact) mass is 192 g/mol. The third-order valence-corrected chi connectivity index (χ3v) is 1.85. The molecular formula is C8H8N4S. The third-order valence-electron chi connectivity index (χ3n) is 1.66. The van der Waals surface area contributed by atoms with Gasteiger partial charge in [0.1, 0.15) is 6.20 Å². The van der Waals surface area contributed by atoms with Crippen LogP contribution in [0.25, 0.3) is 5.70 Å². The molecule has 4 nitrogen and oxygen atoms in total. The van der Waals surface area contributed by atoms with Crippen LogP contribution >= 0.6 is 0 Å². The molecule has 0 aromatic heterocycles. The van der Waals surface area contributed by atoms with Gasteiger partial charge in [0.05, 0.1) is 5.70 Å². The second-order valence-electron chi connectivity index (χ2n) is 2.53. The highest BCUT2D eigenvalue weighted by atomic mass is 32.1. The van der Waals surface area contributed by atoms with E-state index < -0.39 is 0 Å². The molecular weight excluding hydrogens is 184 g/mol. The molecule has 0 bridgehead atoms. The Morgan fingerprint density at radius 2 is 2.00 bits per heavy atom. The molecule has 1 aromatic rings. The van der Waals surface area contributed by atoms with E-state index in [1.807, 2.05) is 30.3 Å². The van der Waals surface area contributed by atoms with Gasteiger partial charge in [-0.05, 0) is 0 Å². The maximum atomic E-state index is 4.74. The van der Waals surface area contributed by atoms with Gasteiger partial charge < -0.3 is 12.8 Å². The molecule has 1 aliphatic rings. The third kappa shape index (κ3) is 1.75. The van der Waals surface area contributed by atoms with Gasteiger partial charge in [0.15, 0.2) is 0 Å². The summed E-state index contributed by atoms with van der Waals surface area (Å²) in [6.07, 6.45) is 1.68. The van der Waals surface area contributed by atoms with Crippen molar-refractivity contribution in [3.05, 3.63) is 42.1 Å². The summed E-state index contributed by atoms with van der Waals surface area (Å²) in [5, 5.41) is 3.90. The molecule has 0 unspecified atom stereocenters. The maximum Gasteiger partial charge on any atom is 0.121 e. The van der Waals surface area contributed by atoms with Crippen molar-refractivity contribution in [3.63, 3.8) is 0 Å². The number of hydrazine groups is 2. The summed E-state index contributed by atoms with van der Waals surface area (Å²) in [6, 6.07) is 9.90. The quantitative estimate of drug-likeness (QED) is 0.513. The topological polar surface area (TPSA) is 39.4 Å². The first-order valence-electron chi connectivity index (χ1n) is 3.81. The molecule has 0 amide bonds. The Balaban J connectivity index is 2.29. The summed E-state index contributed by atoms with van der Waals surface area (Å²) in [5.74, 6) is 0. The highest BCUT2D eigenvalue weighted by Gasteiger charge is 2.05. The second-order valence-corrected chi connectivity index (χ2v) is 2.88. The van der Waals surface area contributed by atoms with Gasteiger partial charge in [-0.2, -0.15) is 0 Å². The van der Waals surface area contributed by atoms with E-state index in [0.29, 0.717) is 0 Å². The first-order valence-corrected chi connectivity index (χ1v) is 4.18. The Morgan fingerprint density at radius 3 is 2.62 bits per heavy atom. The maximum absolute atomic E-state index is 4.74. The molecule has 1 aliphatic heterocycles. The summed E-state index contributed by atoms with van der Waals surface area (Å²) >= 11 is 4.74. The molecule has 1 heterocycles. The van der Waals surface area contributed by atoms with Gasteiger partial charge in [-0.3, -0.25) is 0 Å². The normalized spacial score (nSPS) is 15.1. The van der Waals surface area contributed by atoms with E-state index in [0.717, 1.165) is 11.3 Å². The lowest BCUT2D eigenvalue weighted by molar-refractivity contribution is -0.499. The van der Waals surface area contributed by atoms with Crippen LogP contribution in [0.1, 0.15) is 5.56 Å². The van der Waals surface area contributed by atoms with Gasteiger partial charge in [0.2, 0.25) is 0 Å². The minimum atomic E-state index is 0.904. The van der Waals surface area contributed by atoms with E-state index in [9.17, 15) is 0 Å². The number of hydrogen-bond acceptors (Lipinski definition) is 4. The van der Waals surface area contributed by atoms with Crippen molar-refractivity contribution in [2.75, 3.05) is 0 Å². The van der Waals surface area contributed by atoms with Crippen molar-refractivity contribution >= 4 is 18.5 Å². The Hall–Kier alpha value is -1.62. The molecule has 66 valence electrons. The van der Waals surface area contributed by atoms with Crippen LogP contribution in [0, 0.1) is 0 Å². The first-order chi connectivity index (χ1) is 6.36. The zero-order valence-electron chi connectivity index (χ0n) is 6.77. The number of hydrogen-bond donors (Lipinski definition) is 2. The van der Waals surface area contributed by atoms with Crippen LogP contribution in [0.2, 0.25) is 0 Å². The molecule has 2 rings (SSSR count). The number of rotatable bonds is 1. The van der Waals surface area contributed by atoms with Crippen LogP contribution in [-0.2, 0) is 12.8 Å². The van der Waals surface area contributed by atoms with E-state index in [1.54, 1.807) is 6.20 Å². The van der Waals surface area contributed by atoms with E-state index in [2.05, 4.69) is 16.1 Å². The summed E-state index contributed by atoms with van der Waals surface area (Å²) in [7, 11) is 0. The minimum absolute atomic E-state index is 0.904. The first kappa shape index (κ1) is 8.00. The zero-order valence-corrected chi connectivity index (χ0v) is 7.58. The van der Waals surface area contributed by atoms with Crippen LogP contribution < -0.4 is 11.0 Å². The highest BCUT2D eigenvalue weighted by molar-refractivity contribution is 7.51. The van der Waals surface area contributed by atoms with Crippen LogP contribution in [-0.4, -0.2) is 4.21 Å². The second kappa shape index (κ2) is 3.40. The van der Waals surface area contributed by atoms with Gasteiger partial charge in [-0.1, -0.05) is 40.1 Å². The largest absolute Gasteiger partial charge is 0.359 e. The summed E-state index contributed by atoms with van der Waals surface area (Å²) in [6.45, 7) is 0. The number of benzene rings is 1. The molecule has 0 saturated carbocycles. The number of nitrogens with zero attached hydrogens (tertiary/aromatic N) is 2. The Bertz CT molecular complexity index is 358. The Labute approximate surface area is 81.5 Å². The fourth-order valence-corrected chi connectivity index (χ4v) is 1.14. The molecule has 1 aromatic carbocycles. The smallest absolute Gasteiger partial charge is 0.121 e. The van der Waals surface area contributed by atoms with Crippen LogP contribution in [0.5, 0.6) is 0 Å². The zero-order chi connectivity index (χ0) is 9.10. The molecule has 0 spiro atoms. The van der Waals surface area contributed by atoms with Crippen molar-refractivity contribution in [3.8, 4) is 0 Å².